The van der Waals surface area contributed by atoms with Crippen LogP contribution in [0.15, 0.2) is 0 Å². The zero-order chi connectivity index (χ0) is 7.90. The maximum absolute atomic E-state index is 11.0. The lowest BCUT2D eigenvalue weighted by molar-refractivity contribution is -0.122. The van der Waals surface area contributed by atoms with Gasteiger partial charge >= 0.3 is 0 Å². The average molecular weight is 154 g/mol. The van der Waals surface area contributed by atoms with Crippen molar-refractivity contribution >= 4 is 5.91 Å². The van der Waals surface area contributed by atoms with Crippen LogP contribution >= 0.6 is 0 Å². The summed E-state index contributed by atoms with van der Waals surface area (Å²) >= 11 is 0. The molecule has 1 amide bonds. The Balaban J connectivity index is 2.00. The van der Waals surface area contributed by atoms with Gasteiger partial charge in [0.05, 0.1) is 12.1 Å². The van der Waals surface area contributed by atoms with Gasteiger partial charge in [0.15, 0.2) is 0 Å². The monoisotopic (exact) mass is 154 g/mol. The Kier molecular flexibility index (Phi) is 1.42. The maximum Gasteiger partial charge on any atom is 0.234 e. The molecule has 2 fully saturated rings. The van der Waals surface area contributed by atoms with Crippen LogP contribution in [0.3, 0.4) is 0 Å². The predicted molar refractivity (Wildman–Crippen MR) is 42.1 cm³/mol. The predicted octanol–water partition coefficient (Wildman–Crippen LogP) is -0.126. The highest BCUT2D eigenvalue weighted by Gasteiger charge is 2.54. The van der Waals surface area contributed by atoms with Crippen LogP contribution in [0.4, 0.5) is 0 Å². The fourth-order valence-electron chi connectivity index (χ4n) is 2.05. The van der Waals surface area contributed by atoms with E-state index in [4.69, 9.17) is 0 Å². The molecular formula is C8H14N2O. The Morgan fingerprint density at radius 2 is 2.55 bits per heavy atom. The summed E-state index contributed by atoms with van der Waals surface area (Å²) in [5.74, 6) is 0.881. The Morgan fingerprint density at radius 1 is 1.73 bits per heavy atom. The SMILES string of the molecule is CCC1CC12CNCC(=O)N2. The van der Waals surface area contributed by atoms with E-state index in [1.165, 1.54) is 12.8 Å². The molecule has 2 unspecified atom stereocenters. The van der Waals surface area contributed by atoms with Crippen LogP contribution in [-0.2, 0) is 4.79 Å². The van der Waals surface area contributed by atoms with Crippen molar-refractivity contribution in [2.24, 2.45) is 5.92 Å². The Morgan fingerprint density at radius 3 is 3.09 bits per heavy atom. The standard InChI is InChI=1S/C8H14N2O/c1-2-6-3-8(6)5-9-4-7(11)10-8/h6,9H,2-5H2,1H3,(H,10,11). The molecular weight excluding hydrogens is 140 g/mol. The van der Waals surface area contributed by atoms with Crippen LogP contribution in [0.5, 0.6) is 0 Å². The first-order chi connectivity index (χ1) is 5.27. The minimum absolute atomic E-state index is 0.157. The molecule has 0 bridgehead atoms. The first kappa shape index (κ1) is 7.10. The first-order valence-corrected chi connectivity index (χ1v) is 4.28. The van der Waals surface area contributed by atoms with E-state index < -0.39 is 0 Å². The largest absolute Gasteiger partial charge is 0.348 e. The number of nitrogens with one attached hydrogen (secondary N) is 2. The molecule has 2 rings (SSSR count). The molecule has 2 atom stereocenters. The van der Waals surface area contributed by atoms with Gasteiger partial charge in [-0.1, -0.05) is 13.3 Å². The third-order valence-corrected chi connectivity index (χ3v) is 2.84. The smallest absolute Gasteiger partial charge is 0.234 e. The van der Waals surface area contributed by atoms with Crippen molar-refractivity contribution < 1.29 is 4.79 Å². The summed E-state index contributed by atoms with van der Waals surface area (Å²) < 4.78 is 0. The van der Waals surface area contributed by atoms with Crippen molar-refractivity contribution in [1.29, 1.82) is 0 Å². The minimum atomic E-state index is 0.157. The van der Waals surface area contributed by atoms with Crippen LogP contribution in [0.25, 0.3) is 0 Å². The highest BCUT2D eigenvalue weighted by atomic mass is 16.2. The molecule has 1 spiro atoms. The van der Waals surface area contributed by atoms with Gasteiger partial charge in [-0.3, -0.25) is 4.79 Å². The second kappa shape index (κ2) is 2.21. The molecule has 62 valence electrons. The highest BCUT2D eigenvalue weighted by Crippen LogP contribution is 2.45. The lowest BCUT2D eigenvalue weighted by atomic mass is 10.1. The summed E-state index contributed by atoms with van der Waals surface area (Å²) in [4.78, 5) is 11.0. The number of carbonyl (C=O) groups is 1. The molecule has 0 aromatic carbocycles. The maximum atomic E-state index is 11.0. The summed E-state index contributed by atoms with van der Waals surface area (Å²) in [6.45, 7) is 3.65. The summed E-state index contributed by atoms with van der Waals surface area (Å²) in [5, 5.41) is 6.21. The number of hydrogen-bond donors (Lipinski definition) is 2. The summed E-state index contributed by atoms with van der Waals surface area (Å²) in [6, 6.07) is 0. The van der Waals surface area contributed by atoms with E-state index in [1.807, 2.05) is 0 Å². The summed E-state index contributed by atoms with van der Waals surface area (Å²) in [6.07, 6.45) is 2.35. The number of carbonyl (C=O) groups excluding carboxylic acids is 1. The van der Waals surface area contributed by atoms with E-state index in [2.05, 4.69) is 17.6 Å². The third kappa shape index (κ3) is 1.03. The van der Waals surface area contributed by atoms with Gasteiger partial charge in [0, 0.05) is 6.54 Å². The first-order valence-electron chi connectivity index (χ1n) is 4.28. The zero-order valence-corrected chi connectivity index (χ0v) is 6.81. The van der Waals surface area contributed by atoms with E-state index in [0.29, 0.717) is 6.54 Å². The van der Waals surface area contributed by atoms with Crippen LogP contribution in [0.2, 0.25) is 0 Å². The van der Waals surface area contributed by atoms with Crippen molar-refractivity contribution in [3.8, 4) is 0 Å². The number of rotatable bonds is 1. The molecule has 0 radical (unpaired) electrons. The topological polar surface area (TPSA) is 41.1 Å². The van der Waals surface area contributed by atoms with Crippen LogP contribution in [0, 0.1) is 5.92 Å². The number of amides is 1. The van der Waals surface area contributed by atoms with Crippen molar-refractivity contribution in [3.63, 3.8) is 0 Å². The van der Waals surface area contributed by atoms with Gasteiger partial charge in [0.2, 0.25) is 5.91 Å². The van der Waals surface area contributed by atoms with Crippen molar-refractivity contribution in [3.05, 3.63) is 0 Å². The van der Waals surface area contributed by atoms with Gasteiger partial charge in [-0.25, -0.2) is 0 Å². The fourth-order valence-corrected chi connectivity index (χ4v) is 2.05. The van der Waals surface area contributed by atoms with Crippen molar-refractivity contribution in [1.82, 2.24) is 10.6 Å². The number of hydrogen-bond acceptors (Lipinski definition) is 2. The molecule has 2 N–H and O–H groups in total. The second-order valence-electron chi connectivity index (χ2n) is 3.62. The Labute approximate surface area is 66.5 Å². The lowest BCUT2D eigenvalue weighted by Crippen LogP contribution is -2.55. The normalized spacial score (nSPS) is 42.3. The van der Waals surface area contributed by atoms with Gasteiger partial charge in [-0.15, -0.1) is 0 Å². The van der Waals surface area contributed by atoms with E-state index in [1.54, 1.807) is 0 Å². The number of piperazine rings is 1. The summed E-state index contributed by atoms with van der Waals surface area (Å²) in [7, 11) is 0. The van der Waals surface area contributed by atoms with Gasteiger partial charge in [-0.2, -0.15) is 0 Å². The fraction of sp³-hybridized carbons (Fsp3) is 0.875. The Hall–Kier alpha value is -0.570. The van der Waals surface area contributed by atoms with Gasteiger partial charge in [0.25, 0.3) is 0 Å². The van der Waals surface area contributed by atoms with Crippen LogP contribution in [0.1, 0.15) is 19.8 Å². The second-order valence-corrected chi connectivity index (χ2v) is 3.62. The van der Waals surface area contributed by atoms with Gasteiger partial charge in [-0.05, 0) is 12.3 Å². The van der Waals surface area contributed by atoms with Gasteiger partial charge in [0.1, 0.15) is 0 Å². The average Bonchev–Trinajstić information content (AvgIpc) is 2.63. The van der Waals surface area contributed by atoms with Crippen molar-refractivity contribution in [2.75, 3.05) is 13.1 Å². The molecule has 1 saturated heterocycles. The van der Waals surface area contributed by atoms with Gasteiger partial charge < -0.3 is 10.6 Å². The van der Waals surface area contributed by atoms with E-state index in [0.717, 1.165) is 12.5 Å². The van der Waals surface area contributed by atoms with Crippen molar-refractivity contribution in [2.45, 2.75) is 25.3 Å². The van der Waals surface area contributed by atoms with E-state index >= 15 is 0 Å². The molecule has 1 heterocycles. The molecule has 0 aromatic rings. The lowest BCUT2D eigenvalue weighted by Gasteiger charge is -2.25. The minimum Gasteiger partial charge on any atom is -0.348 e. The molecule has 0 aromatic heterocycles. The zero-order valence-electron chi connectivity index (χ0n) is 6.81. The molecule has 1 aliphatic heterocycles. The van der Waals surface area contributed by atoms with E-state index in [-0.39, 0.29) is 11.4 Å². The molecule has 1 saturated carbocycles. The highest BCUT2D eigenvalue weighted by molar-refractivity contribution is 5.80. The molecule has 1 aliphatic carbocycles. The third-order valence-electron chi connectivity index (χ3n) is 2.84. The summed E-state index contributed by atoms with van der Waals surface area (Å²) in [5.41, 5.74) is 0.157. The Bertz CT molecular complexity index is 193. The van der Waals surface area contributed by atoms with E-state index in [9.17, 15) is 4.79 Å². The molecule has 3 nitrogen and oxygen atoms in total. The molecule has 2 aliphatic rings. The molecule has 3 heteroatoms. The van der Waals surface area contributed by atoms with Crippen LogP contribution < -0.4 is 10.6 Å². The van der Waals surface area contributed by atoms with Crippen LogP contribution in [-0.4, -0.2) is 24.5 Å². The molecule has 11 heavy (non-hydrogen) atoms. The quantitative estimate of drug-likeness (QED) is 0.552.